The number of halogens is 1. The van der Waals surface area contributed by atoms with Gasteiger partial charge in [-0.1, -0.05) is 59.3 Å². The van der Waals surface area contributed by atoms with Crippen molar-refractivity contribution in [1.82, 2.24) is 4.57 Å². The number of ether oxygens (including phenoxy) is 4. The lowest BCUT2D eigenvalue weighted by atomic mass is 9.95. The van der Waals surface area contributed by atoms with Crippen molar-refractivity contribution in [1.29, 1.82) is 0 Å². The molecule has 10 heteroatoms. The molecule has 3 aromatic carbocycles. The summed E-state index contributed by atoms with van der Waals surface area (Å²) in [4.78, 5) is 32.4. The Bertz CT molecular complexity index is 1840. The number of rotatable bonds is 9. The zero-order valence-electron chi connectivity index (χ0n) is 23.5. The minimum atomic E-state index is -0.796. The van der Waals surface area contributed by atoms with E-state index >= 15 is 0 Å². The van der Waals surface area contributed by atoms with E-state index in [1.807, 2.05) is 30.3 Å². The normalized spacial score (nSPS) is 14.7. The predicted octanol–water partition coefficient (Wildman–Crippen LogP) is 5.05. The van der Waals surface area contributed by atoms with Gasteiger partial charge in [-0.15, -0.1) is 0 Å². The van der Waals surface area contributed by atoms with Gasteiger partial charge in [-0.05, 0) is 61.4 Å². The Kier molecular flexibility index (Phi) is 8.80. The fourth-order valence-electron chi connectivity index (χ4n) is 4.77. The number of carbonyl (C=O) groups is 1. The molecule has 216 valence electrons. The predicted molar refractivity (Wildman–Crippen MR) is 162 cm³/mol. The van der Waals surface area contributed by atoms with Crippen LogP contribution < -0.4 is 29.1 Å². The van der Waals surface area contributed by atoms with Crippen LogP contribution in [0.5, 0.6) is 17.2 Å². The Morgan fingerprint density at radius 3 is 2.48 bits per heavy atom. The quantitative estimate of drug-likeness (QED) is 0.249. The standard InChI is InChI=1S/C32H29ClN2O6S/c1-5-40-31(37)28-19(2)34-32-35(29(28)21-11-13-25(38-3)26(16-21)39-4)30(36)27(42-32)17-22-15-23(33)12-14-24(22)41-18-20-9-7-6-8-10-20/h6-17,29H,5,18H2,1-4H3/b27-17+/t29-/m0/s1. The van der Waals surface area contributed by atoms with Crippen LogP contribution in [0.25, 0.3) is 6.08 Å². The average molecular weight is 605 g/mol. The molecule has 1 aromatic heterocycles. The Balaban J connectivity index is 1.65. The van der Waals surface area contributed by atoms with Crippen LogP contribution in [0.2, 0.25) is 5.02 Å². The van der Waals surface area contributed by atoms with E-state index in [0.29, 0.717) is 55.0 Å². The molecule has 0 unspecified atom stereocenters. The molecule has 0 saturated heterocycles. The van der Waals surface area contributed by atoms with Gasteiger partial charge in [0.25, 0.3) is 5.56 Å². The fourth-order valence-corrected chi connectivity index (χ4v) is 5.99. The summed E-state index contributed by atoms with van der Waals surface area (Å²) in [5, 5.41) is 0.504. The van der Waals surface area contributed by atoms with Gasteiger partial charge in [0.2, 0.25) is 0 Å². The molecule has 2 heterocycles. The van der Waals surface area contributed by atoms with E-state index in [2.05, 4.69) is 4.99 Å². The van der Waals surface area contributed by atoms with Crippen LogP contribution in [0.15, 0.2) is 87.8 Å². The van der Waals surface area contributed by atoms with Crippen molar-refractivity contribution >= 4 is 35.0 Å². The topological polar surface area (TPSA) is 88.4 Å². The highest BCUT2D eigenvalue weighted by Gasteiger charge is 2.34. The largest absolute Gasteiger partial charge is 0.493 e. The molecule has 1 aliphatic rings. The summed E-state index contributed by atoms with van der Waals surface area (Å²) in [5.74, 6) is 1.03. The van der Waals surface area contributed by atoms with Gasteiger partial charge in [-0.25, -0.2) is 9.79 Å². The summed E-state index contributed by atoms with van der Waals surface area (Å²) in [6.07, 6.45) is 1.74. The van der Waals surface area contributed by atoms with Crippen molar-refractivity contribution in [2.45, 2.75) is 26.5 Å². The van der Waals surface area contributed by atoms with Gasteiger partial charge >= 0.3 is 5.97 Å². The monoisotopic (exact) mass is 604 g/mol. The number of hydrogen-bond acceptors (Lipinski definition) is 8. The Morgan fingerprint density at radius 1 is 1.02 bits per heavy atom. The van der Waals surface area contributed by atoms with E-state index in [1.165, 1.54) is 23.0 Å². The highest BCUT2D eigenvalue weighted by Crippen LogP contribution is 2.36. The van der Waals surface area contributed by atoms with Gasteiger partial charge < -0.3 is 18.9 Å². The first kappa shape index (κ1) is 29.2. The van der Waals surface area contributed by atoms with E-state index in [0.717, 1.165) is 5.56 Å². The molecular formula is C32H29ClN2O6S. The number of nitrogens with zero attached hydrogens (tertiary/aromatic N) is 2. The Labute approximate surface area is 251 Å². The van der Waals surface area contributed by atoms with Crippen LogP contribution in [-0.4, -0.2) is 31.4 Å². The van der Waals surface area contributed by atoms with Crippen molar-refractivity contribution in [3.05, 3.63) is 119 Å². The van der Waals surface area contributed by atoms with E-state index < -0.39 is 12.0 Å². The molecule has 42 heavy (non-hydrogen) atoms. The maximum absolute atomic E-state index is 14.1. The first-order chi connectivity index (χ1) is 20.3. The average Bonchev–Trinajstić information content (AvgIpc) is 3.30. The van der Waals surface area contributed by atoms with Gasteiger partial charge in [0.15, 0.2) is 16.3 Å². The third-order valence-electron chi connectivity index (χ3n) is 6.74. The maximum atomic E-state index is 14.1. The molecular weight excluding hydrogens is 576 g/mol. The Morgan fingerprint density at radius 2 is 1.76 bits per heavy atom. The number of allylic oxidation sites excluding steroid dienone is 1. The molecule has 0 spiro atoms. The minimum Gasteiger partial charge on any atom is -0.493 e. The molecule has 8 nitrogen and oxygen atoms in total. The molecule has 0 aliphatic carbocycles. The van der Waals surface area contributed by atoms with Crippen LogP contribution >= 0.6 is 22.9 Å². The van der Waals surface area contributed by atoms with Crippen molar-refractivity contribution < 1.29 is 23.7 Å². The fraction of sp³-hybridized carbons (Fsp3) is 0.219. The van der Waals surface area contributed by atoms with E-state index in [-0.39, 0.29) is 17.7 Å². The zero-order chi connectivity index (χ0) is 29.8. The van der Waals surface area contributed by atoms with E-state index in [4.69, 9.17) is 30.5 Å². The second-order valence-corrected chi connectivity index (χ2v) is 10.8. The van der Waals surface area contributed by atoms with E-state index in [9.17, 15) is 9.59 Å². The second-order valence-electron chi connectivity index (χ2n) is 9.37. The highest BCUT2D eigenvalue weighted by atomic mass is 35.5. The van der Waals surface area contributed by atoms with Gasteiger partial charge in [-0.3, -0.25) is 9.36 Å². The number of thiazole rings is 1. The molecule has 0 amide bonds. The lowest BCUT2D eigenvalue weighted by molar-refractivity contribution is -0.139. The summed E-state index contributed by atoms with van der Waals surface area (Å²) in [6.45, 7) is 4.01. The molecule has 1 atom stereocenters. The van der Waals surface area contributed by atoms with Crippen molar-refractivity contribution in [2.24, 2.45) is 4.99 Å². The molecule has 5 rings (SSSR count). The SMILES string of the molecule is CCOC(=O)C1=C(C)N=c2s/c(=C/c3cc(Cl)ccc3OCc3ccccc3)c(=O)n2[C@H]1c1ccc(OC)c(OC)c1. The van der Waals surface area contributed by atoms with Crippen LogP contribution in [-0.2, 0) is 16.1 Å². The molecule has 0 radical (unpaired) electrons. The summed E-state index contributed by atoms with van der Waals surface area (Å²) in [6, 6.07) is 19.6. The molecule has 0 saturated carbocycles. The smallest absolute Gasteiger partial charge is 0.338 e. The zero-order valence-corrected chi connectivity index (χ0v) is 25.1. The van der Waals surface area contributed by atoms with Crippen LogP contribution in [0, 0.1) is 0 Å². The molecule has 1 aliphatic heterocycles. The summed E-state index contributed by atoms with van der Waals surface area (Å²) < 4.78 is 24.4. The number of fused-ring (bicyclic) bond motifs is 1. The first-order valence-electron chi connectivity index (χ1n) is 13.2. The highest BCUT2D eigenvalue weighted by molar-refractivity contribution is 7.07. The van der Waals surface area contributed by atoms with Gasteiger partial charge in [0, 0.05) is 10.6 Å². The number of benzene rings is 3. The summed E-state index contributed by atoms with van der Waals surface area (Å²) in [7, 11) is 3.07. The summed E-state index contributed by atoms with van der Waals surface area (Å²) >= 11 is 7.57. The number of aromatic nitrogens is 1. The van der Waals surface area contributed by atoms with Gasteiger partial charge in [0.05, 0.1) is 42.7 Å². The molecule has 0 bridgehead atoms. The lowest BCUT2D eigenvalue weighted by Crippen LogP contribution is -2.40. The third-order valence-corrected chi connectivity index (χ3v) is 7.95. The van der Waals surface area contributed by atoms with Gasteiger partial charge in [0.1, 0.15) is 12.4 Å². The van der Waals surface area contributed by atoms with Crippen LogP contribution in [0.4, 0.5) is 0 Å². The maximum Gasteiger partial charge on any atom is 0.338 e. The number of carbonyl (C=O) groups excluding carboxylic acids is 1. The van der Waals surface area contributed by atoms with Crippen LogP contribution in [0.3, 0.4) is 0 Å². The number of hydrogen-bond donors (Lipinski definition) is 0. The molecule has 0 fully saturated rings. The van der Waals surface area contributed by atoms with Crippen molar-refractivity contribution in [3.8, 4) is 17.2 Å². The second kappa shape index (κ2) is 12.7. The summed E-state index contributed by atoms with van der Waals surface area (Å²) in [5.41, 5.74) is 2.73. The Hall–Kier alpha value is -4.34. The van der Waals surface area contributed by atoms with Crippen molar-refractivity contribution in [3.63, 3.8) is 0 Å². The number of methoxy groups -OCH3 is 2. The number of esters is 1. The first-order valence-corrected chi connectivity index (χ1v) is 14.4. The van der Waals surface area contributed by atoms with Crippen molar-refractivity contribution in [2.75, 3.05) is 20.8 Å². The minimum absolute atomic E-state index is 0.180. The lowest BCUT2D eigenvalue weighted by Gasteiger charge is -2.25. The van der Waals surface area contributed by atoms with E-state index in [1.54, 1.807) is 63.4 Å². The van der Waals surface area contributed by atoms with Gasteiger partial charge in [-0.2, -0.15) is 0 Å². The third kappa shape index (κ3) is 5.84. The molecule has 4 aromatic rings. The molecule has 0 N–H and O–H groups in total. The van der Waals surface area contributed by atoms with Crippen LogP contribution in [0.1, 0.15) is 36.6 Å².